The molecule has 3 heteroatoms. The Morgan fingerprint density at radius 2 is 1.15 bits per heavy atom. The van der Waals surface area contributed by atoms with Gasteiger partial charge in [0.05, 0.1) is 7.11 Å². The van der Waals surface area contributed by atoms with Gasteiger partial charge in [-0.05, 0) is 47.9 Å². The molecule has 1 atom stereocenters. The first-order valence-corrected chi connectivity index (χ1v) is 8.67. The fraction of sp³-hybridized carbons (Fsp3) is 0.217. The van der Waals surface area contributed by atoms with Gasteiger partial charge in [-0.3, -0.25) is 0 Å². The first-order valence-electron chi connectivity index (χ1n) is 8.67. The lowest BCUT2D eigenvalue weighted by Gasteiger charge is -2.31. The van der Waals surface area contributed by atoms with Gasteiger partial charge in [-0.15, -0.1) is 0 Å². The van der Waals surface area contributed by atoms with E-state index in [1.807, 2.05) is 98.7 Å². The zero-order valence-corrected chi connectivity index (χ0v) is 15.7. The Kier molecular flexibility index (Phi) is 5.01. The van der Waals surface area contributed by atoms with Crippen molar-refractivity contribution in [2.24, 2.45) is 0 Å². The predicted octanol–water partition coefficient (Wildman–Crippen LogP) is 4.35. The van der Waals surface area contributed by atoms with Crippen molar-refractivity contribution in [3.05, 3.63) is 95.1 Å². The molecule has 0 fully saturated rings. The van der Waals surface area contributed by atoms with Gasteiger partial charge < -0.3 is 14.7 Å². The number of nitrogens with zero attached hydrogens (tertiary/aromatic N) is 1. The van der Waals surface area contributed by atoms with E-state index in [0.29, 0.717) is 0 Å². The lowest BCUT2D eigenvalue weighted by atomic mass is 9.80. The maximum absolute atomic E-state index is 11.9. The highest BCUT2D eigenvalue weighted by Gasteiger charge is 2.33. The van der Waals surface area contributed by atoms with Crippen molar-refractivity contribution in [1.29, 1.82) is 0 Å². The number of aryl methyl sites for hydroxylation is 1. The van der Waals surface area contributed by atoms with Crippen LogP contribution in [0.15, 0.2) is 72.8 Å². The van der Waals surface area contributed by atoms with Gasteiger partial charge in [0.2, 0.25) is 0 Å². The van der Waals surface area contributed by atoms with Gasteiger partial charge in [0.1, 0.15) is 11.4 Å². The largest absolute Gasteiger partial charge is 0.497 e. The van der Waals surface area contributed by atoms with Gasteiger partial charge in [-0.1, -0.05) is 54.1 Å². The van der Waals surface area contributed by atoms with E-state index in [1.165, 1.54) is 0 Å². The zero-order chi connectivity index (χ0) is 18.7. The van der Waals surface area contributed by atoms with Crippen LogP contribution in [-0.2, 0) is 5.60 Å². The topological polar surface area (TPSA) is 32.7 Å². The molecule has 3 nitrogen and oxygen atoms in total. The molecule has 0 spiro atoms. The SMILES string of the molecule is COc1ccc(C(O)(c2ccc(C)cc2)c2ccc(N(C)C)cc2)cc1. The highest BCUT2D eigenvalue weighted by atomic mass is 16.5. The maximum atomic E-state index is 11.9. The summed E-state index contributed by atoms with van der Waals surface area (Å²) in [6.45, 7) is 2.04. The Balaban J connectivity index is 2.15. The summed E-state index contributed by atoms with van der Waals surface area (Å²) in [5, 5.41) is 11.9. The van der Waals surface area contributed by atoms with E-state index in [1.54, 1.807) is 7.11 Å². The van der Waals surface area contributed by atoms with Crippen molar-refractivity contribution in [2.75, 3.05) is 26.1 Å². The third-order valence-electron chi connectivity index (χ3n) is 4.78. The Morgan fingerprint density at radius 3 is 1.58 bits per heavy atom. The van der Waals surface area contributed by atoms with Gasteiger partial charge in [0.25, 0.3) is 0 Å². The van der Waals surface area contributed by atoms with Gasteiger partial charge in [-0.25, -0.2) is 0 Å². The molecule has 0 heterocycles. The Hall–Kier alpha value is -2.78. The Morgan fingerprint density at radius 1 is 0.731 bits per heavy atom. The van der Waals surface area contributed by atoms with Crippen molar-refractivity contribution >= 4 is 5.69 Å². The van der Waals surface area contributed by atoms with Crippen molar-refractivity contribution in [3.63, 3.8) is 0 Å². The smallest absolute Gasteiger partial charge is 0.140 e. The molecule has 3 aromatic carbocycles. The minimum absolute atomic E-state index is 0.767. The van der Waals surface area contributed by atoms with E-state index in [4.69, 9.17) is 4.74 Å². The van der Waals surface area contributed by atoms with Crippen molar-refractivity contribution < 1.29 is 9.84 Å². The van der Waals surface area contributed by atoms with Crippen LogP contribution in [0.5, 0.6) is 5.75 Å². The summed E-state index contributed by atoms with van der Waals surface area (Å²) in [4.78, 5) is 2.04. The quantitative estimate of drug-likeness (QED) is 0.696. The second-order valence-electron chi connectivity index (χ2n) is 6.75. The molecule has 1 unspecified atom stereocenters. The highest BCUT2D eigenvalue weighted by molar-refractivity contribution is 5.53. The van der Waals surface area contributed by atoms with Crippen LogP contribution in [0.3, 0.4) is 0 Å². The van der Waals surface area contributed by atoms with Crippen LogP contribution in [0.2, 0.25) is 0 Å². The normalized spacial score (nSPS) is 13.1. The molecule has 0 aliphatic heterocycles. The molecule has 1 N–H and O–H groups in total. The first-order chi connectivity index (χ1) is 12.4. The summed E-state index contributed by atoms with van der Waals surface area (Å²) in [7, 11) is 5.65. The summed E-state index contributed by atoms with van der Waals surface area (Å²) >= 11 is 0. The third kappa shape index (κ3) is 3.31. The number of aliphatic hydroxyl groups is 1. The molecule has 0 aliphatic carbocycles. The Labute approximate surface area is 155 Å². The fourth-order valence-electron chi connectivity index (χ4n) is 3.13. The number of rotatable bonds is 5. The van der Waals surface area contributed by atoms with Gasteiger partial charge in [0, 0.05) is 19.8 Å². The number of benzene rings is 3. The maximum Gasteiger partial charge on any atom is 0.140 e. The average Bonchev–Trinajstić information content (AvgIpc) is 2.68. The van der Waals surface area contributed by atoms with Crippen LogP contribution in [0.25, 0.3) is 0 Å². The van der Waals surface area contributed by atoms with E-state index in [2.05, 4.69) is 0 Å². The fourth-order valence-corrected chi connectivity index (χ4v) is 3.13. The van der Waals surface area contributed by atoms with Crippen LogP contribution in [0.1, 0.15) is 22.3 Å². The zero-order valence-electron chi connectivity index (χ0n) is 15.7. The number of anilines is 1. The molecule has 0 saturated heterocycles. The molecular weight excluding hydrogens is 322 g/mol. The van der Waals surface area contributed by atoms with Crippen LogP contribution < -0.4 is 9.64 Å². The molecule has 0 radical (unpaired) electrons. The summed E-state index contributed by atoms with van der Waals surface area (Å²) in [5.41, 5.74) is 3.50. The molecule has 134 valence electrons. The van der Waals surface area contributed by atoms with E-state index in [9.17, 15) is 5.11 Å². The molecule has 0 amide bonds. The van der Waals surface area contributed by atoms with Crippen molar-refractivity contribution in [3.8, 4) is 5.75 Å². The van der Waals surface area contributed by atoms with Crippen LogP contribution in [0.4, 0.5) is 5.69 Å². The molecule has 0 saturated carbocycles. The molecule has 0 aromatic heterocycles. The van der Waals surface area contributed by atoms with E-state index >= 15 is 0 Å². The van der Waals surface area contributed by atoms with Gasteiger partial charge in [0.15, 0.2) is 0 Å². The van der Waals surface area contributed by atoms with Crippen molar-refractivity contribution in [1.82, 2.24) is 0 Å². The molecular formula is C23H25NO2. The second-order valence-corrected chi connectivity index (χ2v) is 6.75. The lowest BCUT2D eigenvalue weighted by Crippen LogP contribution is -2.29. The number of hydrogen-bond donors (Lipinski definition) is 1. The van der Waals surface area contributed by atoms with Crippen LogP contribution in [-0.4, -0.2) is 26.3 Å². The minimum Gasteiger partial charge on any atom is -0.497 e. The molecule has 26 heavy (non-hydrogen) atoms. The van der Waals surface area contributed by atoms with Crippen molar-refractivity contribution in [2.45, 2.75) is 12.5 Å². The third-order valence-corrected chi connectivity index (χ3v) is 4.78. The highest BCUT2D eigenvalue weighted by Crippen LogP contribution is 2.38. The van der Waals surface area contributed by atoms with E-state index in [0.717, 1.165) is 33.7 Å². The molecule has 3 aromatic rings. The summed E-state index contributed by atoms with van der Waals surface area (Å²) < 4.78 is 5.26. The predicted molar refractivity (Wildman–Crippen MR) is 107 cm³/mol. The number of ether oxygens (including phenoxy) is 1. The second kappa shape index (κ2) is 7.22. The summed E-state index contributed by atoms with van der Waals surface area (Å²) in [6.07, 6.45) is 0. The summed E-state index contributed by atoms with van der Waals surface area (Å²) in [6, 6.07) is 23.6. The average molecular weight is 347 g/mol. The van der Waals surface area contributed by atoms with Crippen LogP contribution in [0, 0.1) is 6.92 Å². The standard InChI is InChI=1S/C23H25NO2/c1-17-5-7-18(8-6-17)23(25,20-11-15-22(26-4)16-12-20)19-9-13-21(14-10-19)24(2)3/h5-16,25H,1-4H3. The van der Waals surface area contributed by atoms with E-state index in [-0.39, 0.29) is 0 Å². The van der Waals surface area contributed by atoms with E-state index < -0.39 is 5.60 Å². The first kappa shape index (κ1) is 18.0. The van der Waals surface area contributed by atoms with Gasteiger partial charge in [-0.2, -0.15) is 0 Å². The van der Waals surface area contributed by atoms with Crippen LogP contribution >= 0.6 is 0 Å². The monoisotopic (exact) mass is 347 g/mol. The number of methoxy groups -OCH3 is 1. The minimum atomic E-state index is -1.23. The number of hydrogen-bond acceptors (Lipinski definition) is 3. The molecule has 3 rings (SSSR count). The molecule has 0 aliphatic rings. The summed E-state index contributed by atoms with van der Waals surface area (Å²) in [5.74, 6) is 0.767. The van der Waals surface area contributed by atoms with Gasteiger partial charge >= 0.3 is 0 Å². The molecule has 0 bridgehead atoms. The lowest BCUT2D eigenvalue weighted by molar-refractivity contribution is 0.125. The Bertz CT molecular complexity index is 852.